The molecule has 1 N–H and O–H groups in total. The lowest BCUT2D eigenvalue weighted by molar-refractivity contribution is 0.0939. The van der Waals surface area contributed by atoms with Crippen LogP contribution < -0.4 is 14.8 Å². The quantitative estimate of drug-likeness (QED) is 0.911. The molecule has 1 unspecified atom stereocenters. The van der Waals surface area contributed by atoms with E-state index in [9.17, 15) is 4.79 Å². The van der Waals surface area contributed by atoms with Crippen molar-refractivity contribution >= 4 is 5.91 Å². The van der Waals surface area contributed by atoms with Gasteiger partial charge in [-0.3, -0.25) is 4.79 Å². The Labute approximate surface area is 117 Å². The van der Waals surface area contributed by atoms with E-state index in [1.54, 1.807) is 20.3 Å². The molecule has 20 heavy (non-hydrogen) atoms. The lowest BCUT2D eigenvalue weighted by Crippen LogP contribution is -2.26. The Balaban J connectivity index is 2.13. The SMILES string of the molecule is COc1ccc(C(C)NC(=O)c2ccoc2)cc1OC. The fourth-order valence-electron chi connectivity index (χ4n) is 1.88. The number of rotatable bonds is 5. The number of hydrogen-bond donors (Lipinski definition) is 1. The molecule has 0 radical (unpaired) electrons. The topological polar surface area (TPSA) is 60.7 Å². The molecule has 0 saturated carbocycles. The molecule has 0 fully saturated rings. The van der Waals surface area contributed by atoms with Gasteiger partial charge >= 0.3 is 0 Å². The molecule has 0 aliphatic carbocycles. The van der Waals surface area contributed by atoms with Crippen molar-refractivity contribution in [3.63, 3.8) is 0 Å². The summed E-state index contributed by atoms with van der Waals surface area (Å²) >= 11 is 0. The van der Waals surface area contributed by atoms with E-state index < -0.39 is 0 Å². The van der Waals surface area contributed by atoms with Crippen LogP contribution in [0.4, 0.5) is 0 Å². The van der Waals surface area contributed by atoms with Crippen LogP contribution in [0.5, 0.6) is 11.5 Å². The van der Waals surface area contributed by atoms with Gasteiger partial charge in [-0.1, -0.05) is 6.07 Å². The number of methoxy groups -OCH3 is 2. The van der Waals surface area contributed by atoms with E-state index in [0.29, 0.717) is 17.1 Å². The molecule has 0 aliphatic heterocycles. The monoisotopic (exact) mass is 275 g/mol. The van der Waals surface area contributed by atoms with Gasteiger partial charge in [0.2, 0.25) is 0 Å². The molecule has 0 spiro atoms. The number of nitrogens with one attached hydrogen (secondary N) is 1. The predicted molar refractivity (Wildman–Crippen MR) is 74.1 cm³/mol. The molecule has 1 aromatic carbocycles. The number of carbonyl (C=O) groups excluding carboxylic acids is 1. The minimum absolute atomic E-state index is 0.155. The number of amides is 1. The van der Waals surface area contributed by atoms with Crippen molar-refractivity contribution in [2.45, 2.75) is 13.0 Å². The summed E-state index contributed by atoms with van der Waals surface area (Å²) in [6.45, 7) is 1.90. The van der Waals surface area contributed by atoms with Gasteiger partial charge in [0.1, 0.15) is 6.26 Å². The third-order valence-electron chi connectivity index (χ3n) is 3.04. The van der Waals surface area contributed by atoms with E-state index in [0.717, 1.165) is 5.56 Å². The molecular formula is C15H17NO4. The lowest BCUT2D eigenvalue weighted by atomic mass is 10.1. The summed E-state index contributed by atoms with van der Waals surface area (Å²) in [4.78, 5) is 11.9. The smallest absolute Gasteiger partial charge is 0.255 e. The third-order valence-corrected chi connectivity index (χ3v) is 3.04. The maximum absolute atomic E-state index is 11.9. The van der Waals surface area contributed by atoms with E-state index >= 15 is 0 Å². The van der Waals surface area contributed by atoms with E-state index in [4.69, 9.17) is 13.9 Å². The van der Waals surface area contributed by atoms with Crippen molar-refractivity contribution in [1.82, 2.24) is 5.32 Å². The normalized spacial score (nSPS) is 11.8. The van der Waals surface area contributed by atoms with Gasteiger partial charge in [0.25, 0.3) is 5.91 Å². The molecule has 5 nitrogen and oxygen atoms in total. The average Bonchev–Trinajstić information content (AvgIpc) is 3.00. The molecule has 0 saturated heterocycles. The zero-order valence-corrected chi connectivity index (χ0v) is 11.7. The highest BCUT2D eigenvalue weighted by atomic mass is 16.5. The lowest BCUT2D eigenvalue weighted by Gasteiger charge is -2.16. The molecule has 1 amide bonds. The largest absolute Gasteiger partial charge is 0.493 e. The summed E-state index contributed by atoms with van der Waals surface area (Å²) in [7, 11) is 3.16. The first-order valence-corrected chi connectivity index (χ1v) is 6.20. The fraction of sp³-hybridized carbons (Fsp3) is 0.267. The number of carbonyl (C=O) groups is 1. The van der Waals surface area contributed by atoms with Gasteiger partial charge < -0.3 is 19.2 Å². The van der Waals surface area contributed by atoms with Crippen LogP contribution in [-0.2, 0) is 0 Å². The van der Waals surface area contributed by atoms with Crippen molar-refractivity contribution in [3.05, 3.63) is 47.9 Å². The van der Waals surface area contributed by atoms with Crippen molar-refractivity contribution < 1.29 is 18.7 Å². The van der Waals surface area contributed by atoms with Crippen LogP contribution in [-0.4, -0.2) is 20.1 Å². The number of hydrogen-bond acceptors (Lipinski definition) is 4. The molecular weight excluding hydrogens is 258 g/mol. The van der Waals surface area contributed by atoms with Crippen molar-refractivity contribution in [2.75, 3.05) is 14.2 Å². The maximum atomic E-state index is 11.9. The van der Waals surface area contributed by atoms with Crippen LogP contribution in [0.1, 0.15) is 28.9 Å². The second-order valence-electron chi connectivity index (χ2n) is 4.32. The zero-order chi connectivity index (χ0) is 14.5. The summed E-state index contributed by atoms with van der Waals surface area (Å²) in [5.74, 6) is 1.11. The summed E-state index contributed by atoms with van der Waals surface area (Å²) in [5.41, 5.74) is 1.43. The molecule has 1 heterocycles. The van der Waals surface area contributed by atoms with Gasteiger partial charge in [-0.2, -0.15) is 0 Å². The Morgan fingerprint density at radius 3 is 2.55 bits per heavy atom. The predicted octanol–water partition coefficient (Wildman–Crippen LogP) is 2.79. The zero-order valence-electron chi connectivity index (χ0n) is 11.7. The molecule has 106 valence electrons. The van der Waals surface area contributed by atoms with Crippen LogP contribution in [0.2, 0.25) is 0 Å². The van der Waals surface area contributed by atoms with Gasteiger partial charge in [0.15, 0.2) is 11.5 Å². The highest BCUT2D eigenvalue weighted by Crippen LogP contribution is 2.29. The van der Waals surface area contributed by atoms with Gasteiger partial charge in [-0.05, 0) is 30.7 Å². The Morgan fingerprint density at radius 1 is 1.20 bits per heavy atom. The van der Waals surface area contributed by atoms with E-state index in [1.165, 1.54) is 12.5 Å². The minimum atomic E-state index is -0.180. The minimum Gasteiger partial charge on any atom is -0.493 e. The number of benzene rings is 1. The molecule has 1 aromatic heterocycles. The summed E-state index contributed by atoms with van der Waals surface area (Å²) in [6, 6.07) is 7.02. The van der Waals surface area contributed by atoms with Gasteiger partial charge in [0.05, 0.1) is 32.1 Å². The second kappa shape index (κ2) is 6.14. The van der Waals surface area contributed by atoms with Crippen LogP contribution >= 0.6 is 0 Å². The van der Waals surface area contributed by atoms with Crippen molar-refractivity contribution in [1.29, 1.82) is 0 Å². The molecule has 0 bridgehead atoms. The molecule has 1 atom stereocenters. The van der Waals surface area contributed by atoms with Crippen molar-refractivity contribution in [2.24, 2.45) is 0 Å². The number of furan rings is 1. The van der Waals surface area contributed by atoms with Gasteiger partial charge in [0, 0.05) is 0 Å². The van der Waals surface area contributed by atoms with E-state index in [2.05, 4.69) is 5.32 Å². The Kier molecular flexibility index (Phi) is 4.30. The van der Waals surface area contributed by atoms with Crippen LogP contribution in [0, 0.1) is 0 Å². The molecule has 2 rings (SSSR count). The van der Waals surface area contributed by atoms with Gasteiger partial charge in [-0.15, -0.1) is 0 Å². The molecule has 2 aromatic rings. The summed E-state index contributed by atoms with van der Waals surface area (Å²) < 4.78 is 15.3. The second-order valence-corrected chi connectivity index (χ2v) is 4.32. The van der Waals surface area contributed by atoms with Crippen molar-refractivity contribution in [3.8, 4) is 11.5 Å². The standard InChI is InChI=1S/C15H17NO4/c1-10(16-15(17)12-6-7-20-9-12)11-4-5-13(18-2)14(8-11)19-3/h4-10H,1-3H3,(H,16,17). The third kappa shape index (κ3) is 2.93. The van der Waals surface area contributed by atoms with E-state index in [-0.39, 0.29) is 11.9 Å². The molecule has 5 heteroatoms. The van der Waals surface area contributed by atoms with Crippen LogP contribution in [0.15, 0.2) is 41.2 Å². The molecule has 0 aliphatic rings. The summed E-state index contributed by atoms with van der Waals surface area (Å²) in [5, 5.41) is 2.89. The number of ether oxygens (including phenoxy) is 2. The Hall–Kier alpha value is -2.43. The maximum Gasteiger partial charge on any atom is 0.255 e. The first-order chi connectivity index (χ1) is 9.65. The fourth-order valence-corrected chi connectivity index (χ4v) is 1.88. The van der Waals surface area contributed by atoms with E-state index in [1.807, 2.05) is 25.1 Å². The summed E-state index contributed by atoms with van der Waals surface area (Å²) in [6.07, 6.45) is 2.88. The van der Waals surface area contributed by atoms with Crippen LogP contribution in [0.3, 0.4) is 0 Å². The Morgan fingerprint density at radius 2 is 1.95 bits per heavy atom. The highest BCUT2D eigenvalue weighted by molar-refractivity contribution is 5.94. The van der Waals surface area contributed by atoms with Gasteiger partial charge in [-0.25, -0.2) is 0 Å². The average molecular weight is 275 g/mol. The highest BCUT2D eigenvalue weighted by Gasteiger charge is 2.14. The first kappa shape index (κ1) is 14.0. The first-order valence-electron chi connectivity index (χ1n) is 6.20. The Bertz CT molecular complexity index is 578. The van der Waals surface area contributed by atoms with Crippen LogP contribution in [0.25, 0.3) is 0 Å².